The summed E-state index contributed by atoms with van der Waals surface area (Å²) in [4.78, 5) is 16.8. The van der Waals surface area contributed by atoms with E-state index >= 15 is 0 Å². The molecular weight excluding hydrogens is 294 g/mol. The fourth-order valence-electron chi connectivity index (χ4n) is 2.05. The van der Waals surface area contributed by atoms with Gasteiger partial charge in [0.25, 0.3) is 0 Å². The van der Waals surface area contributed by atoms with Gasteiger partial charge in [-0.25, -0.2) is 0 Å². The molecule has 2 aromatic rings. The number of benzene rings is 2. The van der Waals surface area contributed by atoms with Gasteiger partial charge >= 0.3 is 5.97 Å². The Balaban J connectivity index is 2.02. The second-order valence-corrected chi connectivity index (χ2v) is 5.02. The minimum atomic E-state index is -0.291. The molecule has 0 aliphatic carbocycles. The van der Waals surface area contributed by atoms with E-state index in [1.165, 1.54) is 7.11 Å². The van der Waals surface area contributed by atoms with Gasteiger partial charge in [0.1, 0.15) is 12.4 Å². The van der Waals surface area contributed by atoms with Crippen LogP contribution in [-0.2, 0) is 27.4 Å². The van der Waals surface area contributed by atoms with Crippen molar-refractivity contribution in [1.29, 1.82) is 0 Å². The molecular formula is C18H19NO4. The molecule has 0 saturated carbocycles. The highest BCUT2D eigenvalue weighted by atomic mass is 16.6. The Hall–Kier alpha value is -2.82. The number of esters is 1. The predicted molar refractivity (Wildman–Crippen MR) is 87.3 cm³/mol. The quantitative estimate of drug-likeness (QED) is 0.505. The summed E-state index contributed by atoms with van der Waals surface area (Å²) < 4.78 is 4.69. The van der Waals surface area contributed by atoms with Gasteiger partial charge in [-0.1, -0.05) is 29.4 Å². The van der Waals surface area contributed by atoms with Crippen LogP contribution in [0, 0.1) is 0 Å². The fourth-order valence-corrected chi connectivity index (χ4v) is 2.05. The molecule has 0 radical (unpaired) electrons. The molecule has 2 rings (SSSR count). The number of carbonyl (C=O) groups is 1. The van der Waals surface area contributed by atoms with Crippen LogP contribution in [0.5, 0.6) is 5.75 Å². The van der Waals surface area contributed by atoms with Crippen molar-refractivity contribution in [3.8, 4) is 5.75 Å². The van der Waals surface area contributed by atoms with E-state index in [1.54, 1.807) is 24.3 Å². The third-order valence-corrected chi connectivity index (χ3v) is 3.39. The van der Waals surface area contributed by atoms with Crippen molar-refractivity contribution in [1.82, 2.24) is 0 Å². The lowest BCUT2D eigenvalue weighted by atomic mass is 10.1. The maximum Gasteiger partial charge on any atom is 0.309 e. The average molecular weight is 313 g/mol. The van der Waals surface area contributed by atoms with E-state index in [0.717, 1.165) is 16.7 Å². The lowest BCUT2D eigenvalue weighted by Gasteiger charge is -2.08. The first-order chi connectivity index (χ1) is 11.1. The van der Waals surface area contributed by atoms with Crippen LogP contribution in [0.2, 0.25) is 0 Å². The normalized spacial score (nSPS) is 11.1. The van der Waals surface area contributed by atoms with Crippen LogP contribution in [0.25, 0.3) is 0 Å². The number of nitrogens with zero attached hydrogens (tertiary/aromatic N) is 1. The zero-order chi connectivity index (χ0) is 16.7. The van der Waals surface area contributed by atoms with E-state index in [2.05, 4.69) is 5.16 Å². The number of hydrogen-bond donors (Lipinski definition) is 1. The number of oxime groups is 1. The molecule has 0 heterocycles. The summed E-state index contributed by atoms with van der Waals surface area (Å²) in [5.41, 5.74) is 3.32. The molecule has 1 N–H and O–H groups in total. The highest BCUT2D eigenvalue weighted by molar-refractivity contribution is 5.98. The topological polar surface area (TPSA) is 68.1 Å². The number of carbonyl (C=O) groups excluding carboxylic acids is 1. The Morgan fingerprint density at radius 1 is 1.09 bits per heavy atom. The second kappa shape index (κ2) is 7.98. The molecule has 0 spiro atoms. The number of rotatable bonds is 6. The Morgan fingerprint density at radius 2 is 1.74 bits per heavy atom. The van der Waals surface area contributed by atoms with E-state index in [0.29, 0.717) is 5.71 Å². The molecule has 2 aromatic carbocycles. The van der Waals surface area contributed by atoms with Gasteiger partial charge in [0.05, 0.1) is 19.2 Å². The first-order valence-corrected chi connectivity index (χ1v) is 7.19. The van der Waals surface area contributed by atoms with E-state index in [4.69, 9.17) is 9.57 Å². The standard InChI is InChI=1S/C18H19NO4/c1-13(14-7-9-17(20)10-8-14)19-23-12-16-6-4-3-5-15(16)11-18(21)22-2/h3-10,20H,11-12H2,1-2H3. The zero-order valence-electron chi connectivity index (χ0n) is 13.2. The van der Waals surface area contributed by atoms with E-state index in [9.17, 15) is 9.90 Å². The van der Waals surface area contributed by atoms with Gasteiger partial charge in [-0.05, 0) is 47.9 Å². The molecule has 5 nitrogen and oxygen atoms in total. The Kier molecular flexibility index (Phi) is 5.74. The molecule has 0 bridgehead atoms. The number of aromatic hydroxyl groups is 1. The molecule has 0 amide bonds. The largest absolute Gasteiger partial charge is 0.508 e. The molecule has 0 aromatic heterocycles. The van der Waals surface area contributed by atoms with Crippen LogP contribution in [-0.4, -0.2) is 23.9 Å². The molecule has 0 aliphatic heterocycles. The molecule has 0 fully saturated rings. The summed E-state index contributed by atoms with van der Waals surface area (Å²) in [6, 6.07) is 14.2. The summed E-state index contributed by atoms with van der Waals surface area (Å²) in [5.74, 6) is -0.0829. The summed E-state index contributed by atoms with van der Waals surface area (Å²) in [7, 11) is 1.37. The molecule has 120 valence electrons. The molecule has 0 saturated heterocycles. The lowest BCUT2D eigenvalue weighted by molar-refractivity contribution is -0.139. The van der Waals surface area contributed by atoms with Gasteiger partial charge in [0, 0.05) is 0 Å². The van der Waals surface area contributed by atoms with E-state index in [-0.39, 0.29) is 24.7 Å². The smallest absolute Gasteiger partial charge is 0.309 e. The van der Waals surface area contributed by atoms with Crippen LogP contribution in [0.1, 0.15) is 23.6 Å². The summed E-state index contributed by atoms with van der Waals surface area (Å²) in [6.45, 7) is 2.09. The Morgan fingerprint density at radius 3 is 2.39 bits per heavy atom. The monoisotopic (exact) mass is 313 g/mol. The summed E-state index contributed by atoms with van der Waals surface area (Å²) in [5, 5.41) is 13.4. The highest BCUT2D eigenvalue weighted by Crippen LogP contribution is 2.13. The van der Waals surface area contributed by atoms with Crippen LogP contribution < -0.4 is 0 Å². The van der Waals surface area contributed by atoms with Crippen LogP contribution >= 0.6 is 0 Å². The van der Waals surface area contributed by atoms with E-state index in [1.807, 2.05) is 31.2 Å². The maximum atomic E-state index is 11.4. The van der Waals surface area contributed by atoms with Gasteiger partial charge in [0.15, 0.2) is 0 Å². The van der Waals surface area contributed by atoms with Gasteiger partial charge in [-0.15, -0.1) is 0 Å². The maximum absolute atomic E-state index is 11.4. The SMILES string of the molecule is COC(=O)Cc1ccccc1CON=C(C)c1ccc(O)cc1. The summed E-state index contributed by atoms with van der Waals surface area (Å²) >= 11 is 0. The van der Waals surface area contributed by atoms with Gasteiger partial charge in [-0.2, -0.15) is 0 Å². The molecule has 23 heavy (non-hydrogen) atoms. The summed E-state index contributed by atoms with van der Waals surface area (Å²) in [6.07, 6.45) is 0.205. The number of phenols is 1. The van der Waals surface area contributed by atoms with Gasteiger partial charge in [0.2, 0.25) is 0 Å². The van der Waals surface area contributed by atoms with Crippen molar-refractivity contribution >= 4 is 11.7 Å². The fraction of sp³-hybridized carbons (Fsp3) is 0.222. The van der Waals surface area contributed by atoms with E-state index < -0.39 is 0 Å². The minimum Gasteiger partial charge on any atom is -0.508 e. The lowest BCUT2D eigenvalue weighted by Crippen LogP contribution is -2.07. The second-order valence-electron chi connectivity index (χ2n) is 5.02. The Bertz CT molecular complexity index is 692. The van der Waals surface area contributed by atoms with Crippen molar-refractivity contribution in [3.05, 3.63) is 65.2 Å². The number of ether oxygens (including phenoxy) is 1. The number of methoxy groups -OCH3 is 1. The third kappa shape index (κ3) is 4.85. The zero-order valence-corrected chi connectivity index (χ0v) is 13.2. The molecule has 0 atom stereocenters. The van der Waals surface area contributed by atoms with Crippen LogP contribution in [0.15, 0.2) is 53.7 Å². The molecule has 5 heteroatoms. The minimum absolute atomic E-state index is 0.205. The van der Waals surface area contributed by atoms with Crippen molar-refractivity contribution in [2.24, 2.45) is 5.16 Å². The van der Waals surface area contributed by atoms with Crippen molar-refractivity contribution in [2.75, 3.05) is 7.11 Å². The predicted octanol–water partition coefficient (Wildman–Crippen LogP) is 3.05. The molecule has 0 unspecified atom stereocenters. The van der Waals surface area contributed by atoms with Crippen molar-refractivity contribution < 1.29 is 19.5 Å². The average Bonchev–Trinajstić information content (AvgIpc) is 2.56. The van der Waals surface area contributed by atoms with Crippen LogP contribution in [0.4, 0.5) is 0 Å². The third-order valence-electron chi connectivity index (χ3n) is 3.39. The van der Waals surface area contributed by atoms with Crippen molar-refractivity contribution in [3.63, 3.8) is 0 Å². The first-order valence-electron chi connectivity index (χ1n) is 7.19. The number of phenolic OH excluding ortho intramolecular Hbond substituents is 1. The van der Waals surface area contributed by atoms with Gasteiger partial charge < -0.3 is 14.7 Å². The van der Waals surface area contributed by atoms with Crippen LogP contribution in [0.3, 0.4) is 0 Å². The molecule has 0 aliphatic rings. The Labute approximate surface area is 135 Å². The highest BCUT2D eigenvalue weighted by Gasteiger charge is 2.08. The van der Waals surface area contributed by atoms with Crippen molar-refractivity contribution in [2.45, 2.75) is 20.0 Å². The number of hydrogen-bond acceptors (Lipinski definition) is 5. The first kappa shape index (κ1) is 16.5. The van der Waals surface area contributed by atoms with Gasteiger partial charge in [-0.3, -0.25) is 4.79 Å².